The van der Waals surface area contributed by atoms with Crippen LogP contribution < -0.4 is 4.74 Å². The van der Waals surface area contributed by atoms with Crippen LogP contribution in [-0.4, -0.2) is 16.5 Å². The maximum absolute atomic E-state index is 13.1. The number of benzene rings is 3. The minimum Gasteiger partial charge on any atom is -0.490 e. The Morgan fingerprint density at radius 3 is 2.34 bits per heavy atom. The lowest BCUT2D eigenvalue weighted by Gasteiger charge is -2.19. The molecule has 3 heteroatoms. The highest BCUT2D eigenvalue weighted by atomic mass is 16.5. The Bertz CT molecular complexity index is 1350. The predicted octanol–water partition coefficient (Wildman–Crippen LogP) is 8.18. The zero-order chi connectivity index (χ0) is 24.6. The summed E-state index contributed by atoms with van der Waals surface area (Å²) in [6, 6.07) is 25.4. The molecule has 0 unspecified atom stereocenters. The lowest BCUT2D eigenvalue weighted by Crippen LogP contribution is -2.12. The summed E-state index contributed by atoms with van der Waals surface area (Å²) in [5.41, 5.74) is 6.45. The number of hydrogen-bond acceptors (Lipinski definition) is 2. The van der Waals surface area contributed by atoms with Crippen LogP contribution >= 0.6 is 0 Å². The van der Waals surface area contributed by atoms with Crippen LogP contribution in [-0.2, 0) is 12.0 Å². The van der Waals surface area contributed by atoms with Gasteiger partial charge in [0.2, 0.25) is 0 Å². The maximum Gasteiger partial charge on any atom is 0.176 e. The molecule has 0 bridgehead atoms. The molecule has 35 heavy (non-hydrogen) atoms. The van der Waals surface area contributed by atoms with Crippen LogP contribution in [0.5, 0.6) is 5.75 Å². The van der Waals surface area contributed by atoms with E-state index in [4.69, 9.17) is 4.74 Å². The molecule has 1 aromatic heterocycles. The Kier molecular flexibility index (Phi) is 6.27. The van der Waals surface area contributed by atoms with Crippen LogP contribution in [0.15, 0.2) is 72.8 Å². The molecule has 1 aliphatic carbocycles. The smallest absolute Gasteiger partial charge is 0.176 e. The molecule has 4 aromatic rings. The van der Waals surface area contributed by atoms with Crippen LogP contribution in [0.3, 0.4) is 0 Å². The second-order valence-corrected chi connectivity index (χ2v) is 10.9. The predicted molar refractivity (Wildman–Crippen MR) is 145 cm³/mol. The Morgan fingerprint density at radius 1 is 0.943 bits per heavy atom. The molecule has 1 fully saturated rings. The normalized spacial score (nSPS) is 14.5. The van der Waals surface area contributed by atoms with Crippen molar-refractivity contribution in [1.82, 2.24) is 4.57 Å². The summed E-state index contributed by atoms with van der Waals surface area (Å²) in [6.45, 7) is 8.97. The minimum absolute atomic E-state index is 0.0782. The van der Waals surface area contributed by atoms with Gasteiger partial charge in [0.15, 0.2) is 5.78 Å². The second-order valence-electron chi connectivity index (χ2n) is 10.9. The fraction of sp³-hybridized carbons (Fsp3) is 0.344. The van der Waals surface area contributed by atoms with Gasteiger partial charge in [0.05, 0.1) is 11.8 Å². The molecule has 0 spiro atoms. The van der Waals surface area contributed by atoms with Crippen LogP contribution in [0.2, 0.25) is 0 Å². The first kappa shape index (κ1) is 23.4. The number of ether oxygens (including phenoxy) is 1. The maximum atomic E-state index is 13.1. The largest absolute Gasteiger partial charge is 0.490 e. The van der Waals surface area contributed by atoms with E-state index in [1.165, 1.54) is 18.4 Å². The van der Waals surface area contributed by atoms with Gasteiger partial charge in [-0.05, 0) is 66.0 Å². The third-order valence-electron chi connectivity index (χ3n) is 7.19. The van der Waals surface area contributed by atoms with Crippen molar-refractivity contribution >= 4 is 16.7 Å². The molecule has 0 radical (unpaired) electrons. The van der Waals surface area contributed by atoms with Crippen molar-refractivity contribution in [1.29, 1.82) is 0 Å². The minimum atomic E-state index is 0.0782. The quantitative estimate of drug-likeness (QED) is 0.269. The fourth-order valence-electron chi connectivity index (χ4n) is 5.36. The first-order chi connectivity index (χ1) is 16.8. The van der Waals surface area contributed by atoms with Gasteiger partial charge in [-0.15, -0.1) is 0 Å². The van der Waals surface area contributed by atoms with Crippen molar-refractivity contribution in [3.05, 3.63) is 89.6 Å². The highest BCUT2D eigenvalue weighted by molar-refractivity contribution is 6.10. The van der Waals surface area contributed by atoms with Crippen molar-refractivity contribution in [3.63, 3.8) is 0 Å². The molecule has 3 aromatic carbocycles. The average molecular weight is 466 g/mol. The summed E-state index contributed by atoms with van der Waals surface area (Å²) >= 11 is 0. The summed E-state index contributed by atoms with van der Waals surface area (Å²) in [6.07, 6.45) is 5.10. The second kappa shape index (κ2) is 9.37. The summed E-state index contributed by atoms with van der Waals surface area (Å²) in [7, 11) is 0. The highest BCUT2D eigenvalue weighted by Crippen LogP contribution is 2.37. The van der Waals surface area contributed by atoms with Gasteiger partial charge in [-0.1, -0.05) is 75.4 Å². The van der Waals surface area contributed by atoms with E-state index in [0.29, 0.717) is 12.6 Å². The van der Waals surface area contributed by atoms with Gasteiger partial charge in [-0.3, -0.25) is 4.79 Å². The van der Waals surface area contributed by atoms with Crippen LogP contribution in [0.25, 0.3) is 22.0 Å². The molecule has 0 amide bonds. The number of ketones is 1. The van der Waals surface area contributed by atoms with Gasteiger partial charge in [0.1, 0.15) is 5.75 Å². The van der Waals surface area contributed by atoms with Crippen molar-refractivity contribution in [2.24, 2.45) is 0 Å². The molecular weight excluding hydrogens is 430 g/mol. The third kappa shape index (κ3) is 4.77. The molecule has 5 rings (SSSR count). The molecule has 0 aliphatic heterocycles. The molecule has 0 N–H and O–H groups in total. The highest BCUT2D eigenvalue weighted by Gasteiger charge is 2.23. The molecule has 3 nitrogen and oxygen atoms in total. The summed E-state index contributed by atoms with van der Waals surface area (Å²) in [5, 5.41) is 1.11. The number of aromatic nitrogens is 1. The topological polar surface area (TPSA) is 31.2 Å². The van der Waals surface area contributed by atoms with Gasteiger partial charge in [-0.25, -0.2) is 0 Å². The zero-order valence-corrected chi connectivity index (χ0v) is 21.3. The Morgan fingerprint density at radius 2 is 1.66 bits per heavy atom. The van der Waals surface area contributed by atoms with Gasteiger partial charge in [0, 0.05) is 29.9 Å². The van der Waals surface area contributed by atoms with E-state index >= 15 is 0 Å². The first-order valence-corrected chi connectivity index (χ1v) is 12.8. The SMILES string of the molecule is CC(=O)c1c(-c2ccc(C(C)(C)C)cc2)c2ccccc2n1Cc1cccc(OC2CCCC2)c1. The number of hydrogen-bond donors (Lipinski definition) is 0. The number of Topliss-reactive ketones (excluding diaryl/α,β-unsaturated/α-hetero) is 1. The number of carbonyl (C=O) groups is 1. The summed E-state index contributed by atoms with van der Waals surface area (Å²) in [5.74, 6) is 1.00. The van der Waals surface area contributed by atoms with Crippen molar-refractivity contribution < 1.29 is 9.53 Å². The molecule has 180 valence electrons. The van der Waals surface area contributed by atoms with E-state index in [1.54, 1.807) is 6.92 Å². The number of rotatable bonds is 6. The molecule has 1 aliphatic rings. The zero-order valence-electron chi connectivity index (χ0n) is 21.3. The fourth-order valence-corrected chi connectivity index (χ4v) is 5.36. The van der Waals surface area contributed by atoms with Gasteiger partial charge >= 0.3 is 0 Å². The summed E-state index contributed by atoms with van der Waals surface area (Å²) in [4.78, 5) is 13.1. The van der Waals surface area contributed by atoms with Crippen molar-refractivity contribution in [2.75, 3.05) is 0 Å². The van der Waals surface area contributed by atoms with E-state index in [9.17, 15) is 4.79 Å². The first-order valence-electron chi connectivity index (χ1n) is 12.8. The molecule has 0 atom stereocenters. The van der Waals surface area contributed by atoms with Gasteiger partial charge in [0.25, 0.3) is 0 Å². The van der Waals surface area contributed by atoms with E-state index in [-0.39, 0.29) is 11.2 Å². The molecule has 1 heterocycles. The molecule has 0 saturated heterocycles. The Hall–Kier alpha value is -3.33. The Balaban J connectivity index is 1.58. The lowest BCUT2D eigenvalue weighted by molar-refractivity contribution is 0.101. The van der Waals surface area contributed by atoms with Crippen molar-refractivity contribution in [3.8, 4) is 16.9 Å². The lowest BCUT2D eigenvalue weighted by atomic mass is 9.86. The van der Waals surface area contributed by atoms with E-state index in [2.05, 4.69) is 92.1 Å². The van der Waals surface area contributed by atoms with Crippen LogP contribution in [0.1, 0.15) is 75.0 Å². The standard InChI is InChI=1S/C32H35NO2/c1-22(34)31-30(24-16-18-25(19-17-24)32(2,3)4)28-14-7-8-15-29(28)33(31)21-23-10-9-13-27(20-23)35-26-11-5-6-12-26/h7-10,13-20,26H,5-6,11-12,21H2,1-4H3. The van der Waals surface area contributed by atoms with Crippen molar-refractivity contribution in [2.45, 2.75) is 71.4 Å². The Labute approximate surface area is 208 Å². The van der Waals surface area contributed by atoms with Crippen LogP contribution in [0.4, 0.5) is 0 Å². The van der Waals surface area contributed by atoms with E-state index in [0.717, 1.165) is 51.9 Å². The molecular formula is C32H35NO2. The summed E-state index contributed by atoms with van der Waals surface area (Å²) < 4.78 is 8.44. The third-order valence-corrected chi connectivity index (χ3v) is 7.19. The average Bonchev–Trinajstić information content (AvgIpc) is 3.45. The van der Waals surface area contributed by atoms with Crippen LogP contribution in [0, 0.1) is 0 Å². The van der Waals surface area contributed by atoms with Gasteiger partial charge in [-0.2, -0.15) is 0 Å². The molecule has 1 saturated carbocycles. The number of nitrogens with zero attached hydrogens (tertiary/aromatic N) is 1. The number of carbonyl (C=O) groups excluding carboxylic acids is 1. The number of para-hydroxylation sites is 1. The van der Waals surface area contributed by atoms with E-state index < -0.39 is 0 Å². The van der Waals surface area contributed by atoms with Gasteiger partial charge < -0.3 is 9.30 Å². The monoisotopic (exact) mass is 465 g/mol. The number of fused-ring (bicyclic) bond motifs is 1. The van der Waals surface area contributed by atoms with E-state index in [1.807, 2.05) is 6.07 Å².